The minimum Gasteiger partial charge on any atom is -0.507 e. The van der Waals surface area contributed by atoms with E-state index in [1.165, 1.54) is 0 Å². The number of hydrogen-bond donors (Lipinski definition) is 1. The number of fused-ring (bicyclic) bond motifs is 1. The number of phenolic OH excluding ortho intramolecular Hbond substituents is 1. The van der Waals surface area contributed by atoms with Crippen molar-refractivity contribution in [3.05, 3.63) is 39.8 Å². The molecule has 0 aromatic heterocycles. The van der Waals surface area contributed by atoms with Crippen LogP contribution in [0, 0.1) is 0 Å². The number of hydrogen-bond acceptors (Lipinski definition) is 1. The summed E-state index contributed by atoms with van der Waals surface area (Å²) in [4.78, 5) is 0. The summed E-state index contributed by atoms with van der Waals surface area (Å²) in [7, 11) is 0. The fourth-order valence-corrected chi connectivity index (χ4v) is 2.16. The molecule has 0 atom stereocenters. The highest BCUT2D eigenvalue weighted by Gasteiger charge is 2.03. The Hall–Kier alpha value is -0.730. The third-order valence-electron chi connectivity index (χ3n) is 1.89. The predicted molar refractivity (Wildman–Crippen MR) is 58.3 cm³/mol. The molecular weight excluding hydrogens is 251 g/mol. The van der Waals surface area contributed by atoms with Crippen LogP contribution in [0.25, 0.3) is 10.8 Å². The summed E-state index contributed by atoms with van der Waals surface area (Å²) in [6, 6.07) is 8.95. The number of rotatable bonds is 0. The molecule has 0 aliphatic rings. The number of aromatic hydroxyl groups is 1. The lowest BCUT2D eigenvalue weighted by Crippen LogP contribution is -1.76. The zero-order valence-electron chi connectivity index (χ0n) is 6.59. The van der Waals surface area contributed by atoms with Gasteiger partial charge in [-0.2, -0.15) is 0 Å². The molecule has 0 aliphatic carbocycles. The zero-order valence-corrected chi connectivity index (χ0v) is 8.93. The van der Waals surface area contributed by atoms with Gasteiger partial charge in [-0.1, -0.05) is 39.7 Å². The molecule has 0 bridgehead atoms. The lowest BCUT2D eigenvalue weighted by atomic mass is 10.1. The first-order valence-electron chi connectivity index (χ1n) is 3.75. The average Bonchev–Trinajstić information content (AvgIpc) is 2.07. The molecule has 0 amide bonds. The van der Waals surface area contributed by atoms with Gasteiger partial charge in [-0.25, -0.2) is 0 Å². The molecule has 0 unspecified atom stereocenters. The van der Waals surface area contributed by atoms with E-state index in [0.29, 0.717) is 5.02 Å². The van der Waals surface area contributed by atoms with E-state index in [-0.39, 0.29) is 5.75 Å². The summed E-state index contributed by atoms with van der Waals surface area (Å²) in [5.41, 5.74) is 0. The van der Waals surface area contributed by atoms with Crippen LogP contribution in [0.4, 0.5) is 0 Å². The minimum atomic E-state index is 0.251. The second-order valence-electron chi connectivity index (χ2n) is 2.76. The minimum absolute atomic E-state index is 0.251. The van der Waals surface area contributed by atoms with Gasteiger partial charge in [0.25, 0.3) is 0 Å². The Kier molecular flexibility index (Phi) is 2.18. The molecule has 2 rings (SSSR count). The fraction of sp³-hybridized carbons (Fsp3) is 0. The first-order chi connectivity index (χ1) is 6.18. The van der Waals surface area contributed by atoms with Gasteiger partial charge in [-0.15, -0.1) is 0 Å². The van der Waals surface area contributed by atoms with Gasteiger partial charge in [-0.3, -0.25) is 0 Å². The molecular formula is C10H6BrClO. The molecule has 1 nitrogen and oxygen atoms in total. The van der Waals surface area contributed by atoms with Crippen molar-refractivity contribution in [1.82, 2.24) is 0 Å². The lowest BCUT2D eigenvalue weighted by molar-refractivity contribution is 0.481. The molecule has 1 N–H and O–H groups in total. The van der Waals surface area contributed by atoms with Crippen molar-refractivity contribution in [2.45, 2.75) is 0 Å². The number of phenols is 1. The largest absolute Gasteiger partial charge is 0.507 e. The smallest absolute Gasteiger partial charge is 0.123 e. The molecule has 2 aromatic rings. The van der Waals surface area contributed by atoms with Crippen molar-refractivity contribution in [1.29, 1.82) is 0 Å². The third-order valence-corrected chi connectivity index (χ3v) is 2.66. The maximum Gasteiger partial charge on any atom is 0.123 e. The molecule has 0 saturated heterocycles. The SMILES string of the molecule is Oc1cccc2c(Cl)cc(Br)cc12. The van der Waals surface area contributed by atoms with E-state index in [0.717, 1.165) is 15.2 Å². The molecule has 3 heteroatoms. The molecule has 2 aromatic carbocycles. The van der Waals surface area contributed by atoms with Crippen LogP contribution in [0.3, 0.4) is 0 Å². The van der Waals surface area contributed by atoms with Crippen LogP contribution in [-0.4, -0.2) is 5.11 Å². The van der Waals surface area contributed by atoms with Gasteiger partial charge >= 0.3 is 0 Å². The van der Waals surface area contributed by atoms with Crippen molar-refractivity contribution in [3.63, 3.8) is 0 Å². The second kappa shape index (κ2) is 3.20. The summed E-state index contributed by atoms with van der Waals surface area (Å²) in [6.07, 6.45) is 0. The highest BCUT2D eigenvalue weighted by molar-refractivity contribution is 9.10. The van der Waals surface area contributed by atoms with E-state index in [1.54, 1.807) is 12.1 Å². The first-order valence-corrected chi connectivity index (χ1v) is 4.92. The van der Waals surface area contributed by atoms with E-state index < -0.39 is 0 Å². The van der Waals surface area contributed by atoms with Gasteiger partial charge < -0.3 is 5.11 Å². The Labute approximate surface area is 89.1 Å². The predicted octanol–water partition coefficient (Wildman–Crippen LogP) is 3.96. The molecule has 66 valence electrons. The van der Waals surface area contributed by atoms with E-state index in [2.05, 4.69) is 15.9 Å². The summed E-state index contributed by atoms with van der Waals surface area (Å²) >= 11 is 9.32. The molecule has 0 heterocycles. The zero-order chi connectivity index (χ0) is 9.42. The monoisotopic (exact) mass is 256 g/mol. The lowest BCUT2D eigenvalue weighted by Gasteiger charge is -2.03. The molecule has 13 heavy (non-hydrogen) atoms. The van der Waals surface area contributed by atoms with Crippen molar-refractivity contribution >= 4 is 38.3 Å². The summed E-state index contributed by atoms with van der Waals surface area (Å²) in [5.74, 6) is 0.251. The van der Waals surface area contributed by atoms with Gasteiger partial charge in [0.05, 0.1) is 0 Å². The van der Waals surface area contributed by atoms with Crippen molar-refractivity contribution in [3.8, 4) is 5.75 Å². The second-order valence-corrected chi connectivity index (χ2v) is 4.08. The fourth-order valence-electron chi connectivity index (χ4n) is 1.29. The van der Waals surface area contributed by atoms with Crippen LogP contribution in [0.1, 0.15) is 0 Å². The van der Waals surface area contributed by atoms with Crippen LogP contribution in [0.2, 0.25) is 5.02 Å². The molecule has 0 aliphatic heterocycles. The number of benzene rings is 2. The van der Waals surface area contributed by atoms with Crippen LogP contribution in [-0.2, 0) is 0 Å². The van der Waals surface area contributed by atoms with Gasteiger partial charge in [-0.05, 0) is 18.2 Å². The van der Waals surface area contributed by atoms with Gasteiger partial charge in [0.1, 0.15) is 5.75 Å². The standard InChI is InChI=1S/C10H6BrClO/c11-6-4-8-7(9(12)5-6)2-1-3-10(8)13/h1-5,13H. The molecule has 0 spiro atoms. The van der Waals surface area contributed by atoms with Gasteiger partial charge in [0.2, 0.25) is 0 Å². The molecule has 0 radical (unpaired) electrons. The van der Waals surface area contributed by atoms with Crippen molar-refractivity contribution < 1.29 is 5.11 Å². The quantitative estimate of drug-likeness (QED) is 0.757. The van der Waals surface area contributed by atoms with Crippen molar-refractivity contribution in [2.24, 2.45) is 0 Å². The Bertz CT molecular complexity index is 468. The highest BCUT2D eigenvalue weighted by Crippen LogP contribution is 2.32. The maximum atomic E-state index is 9.54. The normalized spacial score (nSPS) is 10.6. The first kappa shape index (κ1) is 8.85. The van der Waals surface area contributed by atoms with Crippen molar-refractivity contribution in [2.75, 3.05) is 0 Å². The highest BCUT2D eigenvalue weighted by atomic mass is 79.9. The number of halogens is 2. The van der Waals surface area contributed by atoms with E-state index in [4.69, 9.17) is 11.6 Å². The summed E-state index contributed by atoms with van der Waals surface area (Å²) in [6.45, 7) is 0. The van der Waals surface area contributed by atoms with Crippen LogP contribution in [0.5, 0.6) is 5.75 Å². The van der Waals surface area contributed by atoms with Crippen LogP contribution < -0.4 is 0 Å². The van der Waals surface area contributed by atoms with E-state index in [1.807, 2.05) is 18.2 Å². The maximum absolute atomic E-state index is 9.54. The van der Waals surface area contributed by atoms with E-state index in [9.17, 15) is 5.11 Å². The Morgan fingerprint density at radius 2 is 1.92 bits per heavy atom. The van der Waals surface area contributed by atoms with Gasteiger partial charge in [0, 0.05) is 20.3 Å². The average molecular weight is 258 g/mol. The van der Waals surface area contributed by atoms with E-state index >= 15 is 0 Å². The molecule has 0 fully saturated rings. The third kappa shape index (κ3) is 1.52. The Balaban J connectivity index is 2.94. The molecule has 0 saturated carbocycles. The van der Waals surface area contributed by atoms with Crippen LogP contribution >= 0.6 is 27.5 Å². The van der Waals surface area contributed by atoms with Gasteiger partial charge in [0.15, 0.2) is 0 Å². The summed E-state index contributed by atoms with van der Waals surface area (Å²) < 4.78 is 0.867. The topological polar surface area (TPSA) is 20.2 Å². The van der Waals surface area contributed by atoms with Crippen LogP contribution in [0.15, 0.2) is 34.8 Å². The summed E-state index contributed by atoms with van der Waals surface area (Å²) in [5, 5.41) is 11.8. The Morgan fingerprint density at radius 1 is 1.15 bits per heavy atom. The Morgan fingerprint density at radius 3 is 2.69 bits per heavy atom.